The average Bonchev–Trinajstić information content (AvgIpc) is 2.53. The standard InChI is InChI=1S/C18H42IN3S/c1-7-13-20(14-8-2)23(19,21(15-9-3)16-10-4)22(17-11-5)18-12-6/h7-18H2,1-6H3. The van der Waals surface area contributed by atoms with Crippen LogP contribution in [0.15, 0.2) is 0 Å². The van der Waals surface area contributed by atoms with Crippen LogP contribution in [-0.4, -0.2) is 52.2 Å². The topological polar surface area (TPSA) is 9.72 Å². The van der Waals surface area contributed by atoms with Gasteiger partial charge in [0.25, 0.3) is 0 Å². The lowest BCUT2D eigenvalue weighted by Gasteiger charge is -2.57. The maximum absolute atomic E-state index is 2.86. The Morgan fingerprint density at radius 3 is 0.783 bits per heavy atom. The summed E-state index contributed by atoms with van der Waals surface area (Å²) in [5.41, 5.74) is 0. The van der Waals surface area contributed by atoms with E-state index in [0.717, 1.165) is 0 Å². The Kier molecular flexibility index (Phi) is 14.8. The van der Waals surface area contributed by atoms with Crippen LogP contribution < -0.4 is 0 Å². The number of halogens is 1. The molecule has 0 rings (SSSR count). The quantitative estimate of drug-likeness (QED) is 0.268. The molecule has 0 N–H and O–H groups in total. The van der Waals surface area contributed by atoms with Crippen LogP contribution in [0.5, 0.6) is 0 Å². The van der Waals surface area contributed by atoms with E-state index in [1.54, 1.807) is 0 Å². The van der Waals surface area contributed by atoms with Gasteiger partial charge in [0.2, 0.25) is 0 Å². The third kappa shape index (κ3) is 7.38. The average molecular weight is 460 g/mol. The van der Waals surface area contributed by atoms with Crippen molar-refractivity contribution in [3.8, 4) is 0 Å². The van der Waals surface area contributed by atoms with Crippen LogP contribution in [0.2, 0.25) is 0 Å². The highest BCUT2D eigenvalue weighted by molar-refractivity contribution is 14.2. The van der Waals surface area contributed by atoms with Crippen LogP contribution in [0, 0.1) is 0 Å². The summed E-state index contributed by atoms with van der Waals surface area (Å²) in [5.74, 6) is 0. The molecule has 0 amide bonds. The van der Waals surface area contributed by atoms with E-state index in [1.807, 2.05) is 0 Å². The normalized spacial score (nSPS) is 13.5. The van der Waals surface area contributed by atoms with E-state index in [-0.39, 0.29) is 0 Å². The van der Waals surface area contributed by atoms with Gasteiger partial charge in [0.05, 0.1) is 0 Å². The van der Waals surface area contributed by atoms with E-state index in [2.05, 4.69) is 75.7 Å². The van der Waals surface area contributed by atoms with Crippen LogP contribution in [0.1, 0.15) is 80.1 Å². The fraction of sp³-hybridized carbons (Fsp3) is 1.00. The van der Waals surface area contributed by atoms with Gasteiger partial charge in [-0.15, -0.1) is 0 Å². The third-order valence-corrected chi connectivity index (χ3v) is 11.9. The fourth-order valence-corrected chi connectivity index (χ4v) is 10.0. The highest BCUT2D eigenvalue weighted by atomic mass is 127. The van der Waals surface area contributed by atoms with Gasteiger partial charge in [-0.1, -0.05) is 41.5 Å². The first-order chi connectivity index (χ1) is 11.1. The summed E-state index contributed by atoms with van der Waals surface area (Å²) in [4.78, 5) is 0. The summed E-state index contributed by atoms with van der Waals surface area (Å²) in [6.45, 7) is 21.3. The zero-order valence-electron chi connectivity index (χ0n) is 16.6. The van der Waals surface area contributed by atoms with Crippen LogP contribution in [0.4, 0.5) is 0 Å². The lowest BCUT2D eigenvalue weighted by molar-refractivity contribution is 0.333. The Morgan fingerprint density at radius 2 is 0.652 bits per heavy atom. The summed E-state index contributed by atoms with van der Waals surface area (Å²) in [6.07, 6.45) is 7.48. The van der Waals surface area contributed by atoms with Crippen LogP contribution in [-0.2, 0) is 0 Å². The van der Waals surface area contributed by atoms with Crippen LogP contribution in [0.25, 0.3) is 0 Å². The molecule has 0 aromatic heterocycles. The summed E-state index contributed by atoms with van der Waals surface area (Å²) >= 11 is 2.86. The Hall–Kier alpha value is 0.960. The molecule has 0 aliphatic heterocycles. The largest absolute Gasteiger partial charge is 0.237 e. The van der Waals surface area contributed by atoms with Gasteiger partial charge in [0.1, 0.15) is 0 Å². The van der Waals surface area contributed by atoms with E-state index in [1.165, 1.54) is 77.8 Å². The van der Waals surface area contributed by atoms with Crippen LogP contribution in [0.3, 0.4) is 0 Å². The van der Waals surface area contributed by atoms with E-state index in [4.69, 9.17) is 0 Å². The minimum Gasteiger partial charge on any atom is -0.237 e. The lowest BCUT2D eigenvalue weighted by atomic mass is 10.4. The second kappa shape index (κ2) is 14.2. The summed E-state index contributed by atoms with van der Waals surface area (Å²) < 4.78 is 8.47. The van der Waals surface area contributed by atoms with E-state index >= 15 is 0 Å². The summed E-state index contributed by atoms with van der Waals surface area (Å²) in [6, 6.07) is 0. The molecule has 0 saturated carbocycles. The van der Waals surface area contributed by atoms with Crippen molar-refractivity contribution in [2.75, 3.05) is 39.3 Å². The van der Waals surface area contributed by atoms with E-state index < -0.39 is 7.76 Å². The van der Waals surface area contributed by atoms with E-state index in [9.17, 15) is 0 Å². The monoisotopic (exact) mass is 459 g/mol. The molecule has 23 heavy (non-hydrogen) atoms. The van der Waals surface area contributed by atoms with Gasteiger partial charge in [0.15, 0.2) is 0 Å². The first-order valence-electron chi connectivity index (χ1n) is 9.84. The minimum absolute atomic E-state index is 1.06. The molecule has 0 atom stereocenters. The first kappa shape index (κ1) is 24.0. The predicted octanol–water partition coefficient (Wildman–Crippen LogP) is 6.25. The Labute approximate surface area is 160 Å². The Balaban J connectivity index is 5.73. The molecule has 0 saturated heterocycles. The van der Waals surface area contributed by atoms with Crippen molar-refractivity contribution < 1.29 is 0 Å². The maximum atomic E-state index is 2.86. The second-order valence-corrected chi connectivity index (χ2v) is 12.2. The zero-order chi connectivity index (χ0) is 17.7. The summed E-state index contributed by atoms with van der Waals surface area (Å²) in [7, 11) is -1.06. The molecule has 0 unspecified atom stereocenters. The number of nitrogens with zero attached hydrogens (tertiary/aromatic N) is 3. The molecule has 0 aliphatic rings. The van der Waals surface area contributed by atoms with Crippen molar-refractivity contribution in [3.63, 3.8) is 0 Å². The highest BCUT2D eigenvalue weighted by Gasteiger charge is 2.38. The third-order valence-electron chi connectivity index (χ3n) is 3.82. The first-order valence-corrected chi connectivity index (χ1v) is 13.9. The van der Waals surface area contributed by atoms with Crippen molar-refractivity contribution in [2.24, 2.45) is 0 Å². The second-order valence-electron chi connectivity index (χ2n) is 6.24. The SMILES string of the molecule is CCCN(CCC)S(I)(N(CCC)CCC)N(CCC)CCC. The molecule has 0 radical (unpaired) electrons. The van der Waals surface area contributed by atoms with Gasteiger partial charge in [-0.3, -0.25) is 0 Å². The van der Waals surface area contributed by atoms with Gasteiger partial charge in [-0.2, -0.15) is 0 Å². The molecule has 0 spiro atoms. The van der Waals surface area contributed by atoms with Crippen LogP contribution >= 0.6 is 29.0 Å². The van der Waals surface area contributed by atoms with Gasteiger partial charge >= 0.3 is 0 Å². The van der Waals surface area contributed by atoms with Crippen molar-refractivity contribution in [1.82, 2.24) is 12.9 Å². The number of hydrogen-bond donors (Lipinski definition) is 0. The minimum atomic E-state index is -1.06. The maximum Gasteiger partial charge on any atom is 0.0229 e. The molecule has 0 aromatic rings. The van der Waals surface area contributed by atoms with E-state index in [0.29, 0.717) is 0 Å². The van der Waals surface area contributed by atoms with Gasteiger partial charge in [0, 0.05) is 60.5 Å². The lowest BCUT2D eigenvalue weighted by Crippen LogP contribution is -2.47. The Bertz CT molecular complexity index is 220. The molecule has 0 aliphatic carbocycles. The molecule has 0 heterocycles. The predicted molar refractivity (Wildman–Crippen MR) is 118 cm³/mol. The summed E-state index contributed by atoms with van der Waals surface area (Å²) in [5, 5.41) is 0. The highest BCUT2D eigenvalue weighted by Crippen LogP contribution is 2.65. The molecular weight excluding hydrogens is 417 g/mol. The fourth-order valence-electron chi connectivity index (χ4n) is 3.02. The smallest absolute Gasteiger partial charge is 0.0229 e. The van der Waals surface area contributed by atoms with Gasteiger partial charge < -0.3 is 0 Å². The number of hydrogen-bond acceptors (Lipinski definition) is 3. The van der Waals surface area contributed by atoms with Gasteiger partial charge in [-0.05, 0) is 46.3 Å². The molecule has 5 heteroatoms. The molecular formula is C18H42IN3S. The molecule has 0 aromatic carbocycles. The van der Waals surface area contributed by atoms with Crippen molar-refractivity contribution in [1.29, 1.82) is 0 Å². The molecule has 3 nitrogen and oxygen atoms in total. The molecule has 0 fully saturated rings. The number of rotatable bonds is 15. The Morgan fingerprint density at radius 1 is 0.478 bits per heavy atom. The van der Waals surface area contributed by atoms with Gasteiger partial charge in [-0.25, -0.2) is 12.9 Å². The van der Waals surface area contributed by atoms with Crippen molar-refractivity contribution >= 4 is 29.0 Å². The molecule has 0 bridgehead atoms. The van der Waals surface area contributed by atoms with Crippen molar-refractivity contribution in [2.45, 2.75) is 80.1 Å². The van der Waals surface area contributed by atoms with Crippen molar-refractivity contribution in [3.05, 3.63) is 0 Å². The molecule has 142 valence electrons. The zero-order valence-corrected chi connectivity index (χ0v) is 19.6.